The molecular weight excluding hydrogens is 543 g/mol. The minimum Gasteiger partial charge on any atom is -0.350 e. The number of rotatable bonds is 5. The highest BCUT2D eigenvalue weighted by Gasteiger charge is 2.53. The summed E-state index contributed by atoms with van der Waals surface area (Å²) in [6.07, 6.45) is 3.03. The third-order valence-corrected chi connectivity index (χ3v) is 8.43. The fourth-order valence-electron chi connectivity index (χ4n) is 4.55. The zero-order valence-corrected chi connectivity index (χ0v) is 22.1. The first kappa shape index (κ1) is 25.7. The molecule has 2 fully saturated rings. The van der Waals surface area contributed by atoms with Gasteiger partial charge in [0.15, 0.2) is 17.5 Å². The number of hydrazone groups is 1. The summed E-state index contributed by atoms with van der Waals surface area (Å²) in [5.74, 6) is -0.625. The van der Waals surface area contributed by atoms with Crippen molar-refractivity contribution in [1.29, 1.82) is 0 Å². The molecule has 2 heterocycles. The van der Waals surface area contributed by atoms with Crippen LogP contribution in [0.25, 0.3) is 0 Å². The minimum absolute atomic E-state index is 0.00714. The first-order valence-corrected chi connectivity index (χ1v) is 13.8. The number of hydrogen-bond acceptors (Lipinski definition) is 5. The molecule has 7 nitrogen and oxygen atoms in total. The first-order valence-electron chi connectivity index (χ1n) is 11.5. The number of aryl methyl sites for hydroxylation is 1. The van der Waals surface area contributed by atoms with E-state index in [1.165, 1.54) is 30.5 Å². The molecule has 5 rings (SSSR count). The molecule has 2 aromatic carbocycles. The molecule has 194 valence electrons. The van der Waals surface area contributed by atoms with Crippen molar-refractivity contribution >= 4 is 44.9 Å². The molecule has 0 bridgehead atoms. The molecule has 1 aromatic heterocycles. The van der Waals surface area contributed by atoms with E-state index in [4.69, 9.17) is 23.2 Å². The van der Waals surface area contributed by atoms with Gasteiger partial charge in [-0.1, -0.05) is 40.9 Å². The molecule has 1 N–H and O–H groups in total. The van der Waals surface area contributed by atoms with Crippen LogP contribution < -0.4 is 9.73 Å². The van der Waals surface area contributed by atoms with Crippen LogP contribution in [-0.2, 0) is 10.0 Å². The van der Waals surface area contributed by atoms with E-state index in [2.05, 4.69) is 14.9 Å². The second-order valence-electron chi connectivity index (χ2n) is 9.19. The van der Waals surface area contributed by atoms with Crippen LogP contribution in [0.1, 0.15) is 24.0 Å². The number of halogens is 4. The van der Waals surface area contributed by atoms with Crippen molar-refractivity contribution in [2.75, 3.05) is 24.5 Å². The topological polar surface area (TPSA) is 77.9 Å². The fourth-order valence-corrected chi connectivity index (χ4v) is 5.99. The molecular formula is C25H23Cl2F2N5O2S. The zero-order chi connectivity index (χ0) is 26.4. The largest absolute Gasteiger partial charge is 0.350 e. The third kappa shape index (κ3) is 5.10. The smallest absolute Gasteiger partial charge is 0.276 e. The summed E-state index contributed by atoms with van der Waals surface area (Å²) in [5, 5.41) is 4.28. The molecule has 2 aliphatic rings. The maximum atomic E-state index is 14.5. The van der Waals surface area contributed by atoms with Crippen molar-refractivity contribution in [3.05, 3.63) is 87.5 Å². The number of benzene rings is 2. The lowest BCUT2D eigenvalue weighted by atomic mass is 10.1. The average Bonchev–Trinajstić information content (AvgIpc) is 3.60. The highest BCUT2D eigenvalue weighted by molar-refractivity contribution is 7.89. The predicted octanol–water partition coefficient (Wildman–Crippen LogP) is 4.97. The summed E-state index contributed by atoms with van der Waals surface area (Å²) >= 11 is 12.8. The van der Waals surface area contributed by atoms with Gasteiger partial charge in [0.1, 0.15) is 5.82 Å². The van der Waals surface area contributed by atoms with Crippen molar-refractivity contribution < 1.29 is 17.2 Å². The minimum atomic E-state index is -4.02. The number of sulfonamides is 1. The number of piperazine rings is 1. The standard InChI is InChI=1S/C25H23Cl2F2N5O2S/c1-16-4-6-18(7-5-16)37(35,36)32-31-24(22-19(26)13-17(28)14-20(22)27)34-12-11-33(15-25(34)8-9-25)23-21(29)3-2-10-30-23/h2-7,10,13-14,32H,8-9,11-12,15H2,1H3/b31-24-. The first-order chi connectivity index (χ1) is 17.6. The summed E-state index contributed by atoms with van der Waals surface area (Å²) in [6, 6.07) is 11.4. The molecule has 0 radical (unpaired) electrons. The van der Waals surface area contributed by atoms with Crippen LogP contribution in [0.2, 0.25) is 10.0 Å². The number of aromatic nitrogens is 1. The third-order valence-electron chi connectivity index (χ3n) is 6.61. The highest BCUT2D eigenvalue weighted by Crippen LogP contribution is 2.46. The van der Waals surface area contributed by atoms with Gasteiger partial charge >= 0.3 is 0 Å². The van der Waals surface area contributed by atoms with Crippen LogP contribution >= 0.6 is 23.2 Å². The molecule has 3 aromatic rings. The number of pyridine rings is 1. The van der Waals surface area contributed by atoms with E-state index in [9.17, 15) is 17.2 Å². The van der Waals surface area contributed by atoms with Gasteiger partial charge in [-0.3, -0.25) is 0 Å². The Balaban J connectivity index is 1.53. The van der Waals surface area contributed by atoms with Gasteiger partial charge in [-0.15, -0.1) is 5.10 Å². The van der Waals surface area contributed by atoms with Gasteiger partial charge in [-0.05, 0) is 56.2 Å². The van der Waals surface area contributed by atoms with Crippen LogP contribution in [0.3, 0.4) is 0 Å². The van der Waals surface area contributed by atoms with Crippen LogP contribution in [0.15, 0.2) is 64.7 Å². The van der Waals surface area contributed by atoms with E-state index in [0.29, 0.717) is 19.6 Å². The quantitative estimate of drug-likeness (QED) is 0.268. The monoisotopic (exact) mass is 565 g/mol. The van der Waals surface area contributed by atoms with Crippen molar-refractivity contribution in [3.8, 4) is 0 Å². The number of amidine groups is 1. The van der Waals surface area contributed by atoms with Crippen LogP contribution in [-0.4, -0.2) is 49.3 Å². The van der Waals surface area contributed by atoms with E-state index in [1.54, 1.807) is 12.1 Å². The normalized spacial score (nSPS) is 17.3. The molecule has 12 heteroatoms. The summed E-state index contributed by atoms with van der Waals surface area (Å²) in [5.41, 5.74) is 0.642. The van der Waals surface area contributed by atoms with Crippen molar-refractivity contribution in [2.24, 2.45) is 5.10 Å². The maximum absolute atomic E-state index is 14.5. The summed E-state index contributed by atoms with van der Waals surface area (Å²) < 4.78 is 54.5. The lowest BCUT2D eigenvalue weighted by Gasteiger charge is -2.44. The zero-order valence-electron chi connectivity index (χ0n) is 19.8. The number of nitrogens with zero attached hydrogens (tertiary/aromatic N) is 4. The Labute approximate surface area is 223 Å². The molecule has 1 saturated heterocycles. The molecule has 37 heavy (non-hydrogen) atoms. The molecule has 1 aliphatic carbocycles. The van der Waals surface area contributed by atoms with E-state index in [1.807, 2.05) is 16.7 Å². The van der Waals surface area contributed by atoms with E-state index in [-0.39, 0.29) is 32.2 Å². The second kappa shape index (κ2) is 9.74. The Kier molecular flexibility index (Phi) is 6.76. The molecule has 1 saturated carbocycles. The van der Waals surface area contributed by atoms with Crippen molar-refractivity contribution in [2.45, 2.75) is 30.2 Å². The Bertz CT molecular complexity index is 1460. The Morgan fingerprint density at radius 2 is 1.76 bits per heavy atom. The second-order valence-corrected chi connectivity index (χ2v) is 11.7. The fraction of sp³-hybridized carbons (Fsp3) is 0.280. The lowest BCUT2D eigenvalue weighted by molar-refractivity contribution is 0.258. The van der Waals surface area contributed by atoms with Crippen LogP contribution in [0.4, 0.5) is 14.6 Å². The van der Waals surface area contributed by atoms with Gasteiger partial charge in [0.2, 0.25) is 0 Å². The Hall–Kier alpha value is -2.95. The van der Waals surface area contributed by atoms with E-state index >= 15 is 0 Å². The van der Waals surface area contributed by atoms with Gasteiger partial charge < -0.3 is 9.80 Å². The average molecular weight is 566 g/mol. The molecule has 1 aliphatic heterocycles. The van der Waals surface area contributed by atoms with Gasteiger partial charge in [-0.2, -0.15) is 13.2 Å². The van der Waals surface area contributed by atoms with Crippen LogP contribution in [0, 0.1) is 18.6 Å². The Morgan fingerprint density at radius 3 is 2.38 bits per heavy atom. The van der Waals surface area contributed by atoms with Gasteiger partial charge in [0.05, 0.1) is 26.0 Å². The van der Waals surface area contributed by atoms with Gasteiger partial charge in [-0.25, -0.2) is 13.8 Å². The predicted molar refractivity (Wildman–Crippen MR) is 140 cm³/mol. The van der Waals surface area contributed by atoms with E-state index in [0.717, 1.165) is 30.5 Å². The summed E-state index contributed by atoms with van der Waals surface area (Å²) in [6.45, 7) is 3.02. The summed E-state index contributed by atoms with van der Waals surface area (Å²) in [7, 11) is -4.02. The van der Waals surface area contributed by atoms with Crippen molar-refractivity contribution in [1.82, 2.24) is 14.7 Å². The maximum Gasteiger partial charge on any atom is 0.276 e. The molecule has 0 amide bonds. The van der Waals surface area contributed by atoms with E-state index < -0.39 is 27.2 Å². The number of anilines is 1. The molecule has 1 spiro atoms. The van der Waals surface area contributed by atoms with Gasteiger partial charge in [0.25, 0.3) is 10.0 Å². The molecule has 0 atom stereocenters. The Morgan fingerprint density at radius 1 is 1.08 bits per heavy atom. The summed E-state index contributed by atoms with van der Waals surface area (Å²) in [4.78, 5) is 10.3. The number of hydrogen-bond donors (Lipinski definition) is 1. The van der Waals surface area contributed by atoms with Gasteiger partial charge in [0, 0.05) is 25.8 Å². The van der Waals surface area contributed by atoms with Crippen molar-refractivity contribution in [3.63, 3.8) is 0 Å². The van der Waals surface area contributed by atoms with Crippen LogP contribution in [0.5, 0.6) is 0 Å². The SMILES string of the molecule is Cc1ccc(S(=O)(=O)N/N=C(/c2c(Cl)cc(F)cc2Cl)N2CCN(c3ncccc3F)CC23CC3)cc1. The number of nitrogens with one attached hydrogen (secondary N) is 1. The lowest BCUT2D eigenvalue weighted by Crippen LogP contribution is -2.58. The molecule has 0 unspecified atom stereocenters. The highest BCUT2D eigenvalue weighted by atomic mass is 35.5.